The van der Waals surface area contributed by atoms with Gasteiger partial charge in [0, 0.05) is 12.5 Å². The van der Waals surface area contributed by atoms with E-state index >= 15 is 0 Å². The first-order chi connectivity index (χ1) is 3.18. The molecule has 1 amide bonds. The van der Waals surface area contributed by atoms with Crippen molar-refractivity contribution >= 4 is 5.91 Å². The Morgan fingerprint density at radius 3 is 2.29 bits per heavy atom. The molecule has 0 radical (unpaired) electrons. The Hall–Kier alpha value is -0.570. The molecule has 0 aliphatic rings. The topological polar surface area (TPSA) is 69.1 Å². The fourth-order valence-corrected chi connectivity index (χ4v) is 0.116. The lowest BCUT2D eigenvalue weighted by Crippen LogP contribution is -2.26. The van der Waals surface area contributed by atoms with Crippen molar-refractivity contribution in [1.29, 1.82) is 0 Å². The van der Waals surface area contributed by atoms with E-state index in [1.165, 1.54) is 0 Å². The number of rotatable bonds is 2. The van der Waals surface area contributed by atoms with Gasteiger partial charge >= 0.3 is 0 Å². The van der Waals surface area contributed by atoms with Crippen LogP contribution in [0.15, 0.2) is 0 Å². The van der Waals surface area contributed by atoms with Crippen molar-refractivity contribution in [1.82, 2.24) is 0 Å². The molecule has 7 heavy (non-hydrogen) atoms. The highest BCUT2D eigenvalue weighted by atomic mass is 16.1. The molecule has 0 rings (SSSR count). The Bertz CT molecular complexity index is 72.1. The van der Waals surface area contributed by atoms with E-state index in [2.05, 4.69) is 0 Å². The fourth-order valence-electron chi connectivity index (χ4n) is 0.116. The van der Waals surface area contributed by atoms with Gasteiger partial charge in [0.15, 0.2) is 0 Å². The van der Waals surface area contributed by atoms with Gasteiger partial charge in [0.1, 0.15) is 0 Å². The van der Waals surface area contributed by atoms with Crippen LogP contribution in [0.5, 0.6) is 0 Å². The van der Waals surface area contributed by atoms with Crippen molar-refractivity contribution in [2.75, 3.05) is 6.54 Å². The maximum Gasteiger partial charge on any atom is 0.221 e. The third kappa shape index (κ3) is 2.17. The number of carbonyl (C=O) groups is 1. The second-order valence-electron chi connectivity index (χ2n) is 1.54. The van der Waals surface area contributed by atoms with E-state index in [1.807, 2.05) is 0 Å². The van der Waals surface area contributed by atoms with E-state index in [-0.39, 0.29) is 11.8 Å². The number of primary amides is 1. The zero-order chi connectivity index (χ0) is 5.86. The summed E-state index contributed by atoms with van der Waals surface area (Å²) in [5, 5.41) is 0. The fraction of sp³-hybridized carbons (Fsp3) is 0.750. The molecule has 0 bridgehead atoms. The molecule has 1 unspecified atom stereocenters. The number of amides is 1. The van der Waals surface area contributed by atoms with Crippen LogP contribution < -0.4 is 11.5 Å². The minimum Gasteiger partial charge on any atom is -0.369 e. The molecule has 0 aromatic carbocycles. The van der Waals surface area contributed by atoms with Crippen LogP contribution in [0.1, 0.15) is 6.92 Å². The summed E-state index contributed by atoms with van der Waals surface area (Å²) in [4.78, 5) is 10.1. The van der Waals surface area contributed by atoms with E-state index in [0.29, 0.717) is 6.54 Å². The van der Waals surface area contributed by atoms with Crippen molar-refractivity contribution < 1.29 is 4.79 Å². The molecule has 0 aromatic heterocycles. The first-order valence-electron chi connectivity index (χ1n) is 2.18. The molecular weight excluding hydrogens is 92.1 g/mol. The first-order valence-corrected chi connectivity index (χ1v) is 2.18. The highest BCUT2D eigenvalue weighted by Gasteiger charge is 2.02. The molecule has 3 nitrogen and oxygen atoms in total. The maximum absolute atomic E-state index is 10.1. The van der Waals surface area contributed by atoms with Gasteiger partial charge in [-0.05, 0) is 0 Å². The van der Waals surface area contributed by atoms with E-state index in [4.69, 9.17) is 11.5 Å². The average molecular weight is 102 g/mol. The maximum atomic E-state index is 10.1. The Kier molecular flexibility index (Phi) is 2.37. The van der Waals surface area contributed by atoms with Crippen molar-refractivity contribution in [2.45, 2.75) is 6.92 Å². The highest BCUT2D eigenvalue weighted by Crippen LogP contribution is 1.84. The van der Waals surface area contributed by atoms with Crippen molar-refractivity contribution in [3.05, 3.63) is 0 Å². The van der Waals surface area contributed by atoms with E-state index in [0.717, 1.165) is 0 Å². The summed E-state index contributed by atoms with van der Waals surface area (Å²) in [6, 6.07) is 0. The number of nitrogens with two attached hydrogens (primary N) is 2. The summed E-state index contributed by atoms with van der Waals surface area (Å²) in [5.74, 6) is -0.512. The number of hydrogen-bond donors (Lipinski definition) is 2. The van der Waals surface area contributed by atoms with Gasteiger partial charge in [-0.3, -0.25) is 4.79 Å². The normalized spacial score (nSPS) is 13.4. The third-order valence-electron chi connectivity index (χ3n) is 0.839. The quantitative estimate of drug-likeness (QED) is 0.472. The van der Waals surface area contributed by atoms with Crippen molar-refractivity contribution in [3.63, 3.8) is 0 Å². The molecule has 42 valence electrons. The summed E-state index contributed by atoms with van der Waals surface area (Å²) in [7, 11) is 0. The molecule has 0 spiro atoms. The number of carbonyl (C=O) groups excluding carboxylic acids is 1. The molecule has 0 aromatic rings. The highest BCUT2D eigenvalue weighted by molar-refractivity contribution is 5.76. The molecule has 0 fully saturated rings. The van der Waals surface area contributed by atoms with Gasteiger partial charge in [0.2, 0.25) is 5.91 Å². The predicted molar refractivity (Wildman–Crippen MR) is 27.4 cm³/mol. The van der Waals surface area contributed by atoms with E-state index < -0.39 is 0 Å². The SMILES string of the molecule is CC(CN)C(N)=O. The van der Waals surface area contributed by atoms with Crippen LogP contribution in [0.4, 0.5) is 0 Å². The van der Waals surface area contributed by atoms with Crippen LogP contribution in [0.3, 0.4) is 0 Å². The van der Waals surface area contributed by atoms with Crippen LogP contribution in [-0.4, -0.2) is 12.5 Å². The van der Waals surface area contributed by atoms with Gasteiger partial charge in [-0.2, -0.15) is 0 Å². The summed E-state index contributed by atoms with van der Waals surface area (Å²) < 4.78 is 0. The Morgan fingerprint density at radius 2 is 2.29 bits per heavy atom. The second kappa shape index (κ2) is 2.58. The molecule has 0 saturated carbocycles. The first kappa shape index (κ1) is 6.43. The monoisotopic (exact) mass is 102 g/mol. The molecule has 4 N–H and O–H groups in total. The molecule has 0 heterocycles. The van der Waals surface area contributed by atoms with Gasteiger partial charge in [0.05, 0.1) is 0 Å². The lowest BCUT2D eigenvalue weighted by Gasteiger charge is -1.98. The molecule has 0 aliphatic heterocycles. The summed E-state index contributed by atoms with van der Waals surface area (Å²) in [5.41, 5.74) is 9.90. The van der Waals surface area contributed by atoms with Crippen molar-refractivity contribution in [3.8, 4) is 0 Å². The Labute approximate surface area is 42.7 Å². The van der Waals surface area contributed by atoms with Gasteiger partial charge in [-0.1, -0.05) is 6.92 Å². The van der Waals surface area contributed by atoms with Gasteiger partial charge < -0.3 is 11.5 Å². The summed E-state index contributed by atoms with van der Waals surface area (Å²) >= 11 is 0. The van der Waals surface area contributed by atoms with Gasteiger partial charge in [-0.15, -0.1) is 0 Å². The summed E-state index contributed by atoms with van der Waals surface area (Å²) in [6.45, 7) is 2.04. The zero-order valence-corrected chi connectivity index (χ0v) is 4.35. The molecule has 3 heteroatoms. The molecular formula is C4H10N2O. The lowest BCUT2D eigenvalue weighted by molar-refractivity contribution is -0.120. The smallest absolute Gasteiger partial charge is 0.221 e. The average Bonchev–Trinajstić information content (AvgIpc) is 1.65. The minimum absolute atomic E-state index is 0.181. The standard InChI is InChI=1S/C4H10N2O/c1-3(2-5)4(6)7/h3H,2,5H2,1H3,(H2,6,7). The molecule has 1 atom stereocenters. The second-order valence-corrected chi connectivity index (χ2v) is 1.54. The van der Waals surface area contributed by atoms with Crippen LogP contribution >= 0.6 is 0 Å². The van der Waals surface area contributed by atoms with Crippen molar-refractivity contribution in [2.24, 2.45) is 17.4 Å². The van der Waals surface area contributed by atoms with E-state index in [1.54, 1.807) is 6.92 Å². The Morgan fingerprint density at radius 1 is 1.86 bits per heavy atom. The summed E-state index contributed by atoms with van der Waals surface area (Å²) in [6.07, 6.45) is 0. The van der Waals surface area contributed by atoms with Gasteiger partial charge in [-0.25, -0.2) is 0 Å². The van der Waals surface area contributed by atoms with Crippen LogP contribution in [0.25, 0.3) is 0 Å². The Balaban J connectivity index is 3.34. The predicted octanol–water partition coefficient (Wildman–Crippen LogP) is -0.933. The largest absolute Gasteiger partial charge is 0.369 e. The van der Waals surface area contributed by atoms with Crippen LogP contribution in [0.2, 0.25) is 0 Å². The zero-order valence-electron chi connectivity index (χ0n) is 4.35. The third-order valence-corrected chi connectivity index (χ3v) is 0.839. The van der Waals surface area contributed by atoms with Crippen LogP contribution in [-0.2, 0) is 4.79 Å². The number of hydrogen-bond acceptors (Lipinski definition) is 2. The van der Waals surface area contributed by atoms with Gasteiger partial charge in [0.25, 0.3) is 0 Å². The van der Waals surface area contributed by atoms with Crippen LogP contribution in [0, 0.1) is 5.92 Å². The van der Waals surface area contributed by atoms with E-state index in [9.17, 15) is 4.79 Å². The molecule has 0 aliphatic carbocycles. The lowest BCUT2D eigenvalue weighted by atomic mass is 10.2. The molecule has 0 saturated heterocycles. The minimum atomic E-state index is -0.331.